The molecule has 3 heteroatoms. The van der Waals surface area contributed by atoms with E-state index in [1.807, 2.05) is 12.1 Å². The van der Waals surface area contributed by atoms with Gasteiger partial charge >= 0.3 is 0 Å². The van der Waals surface area contributed by atoms with Crippen molar-refractivity contribution in [3.8, 4) is 5.75 Å². The van der Waals surface area contributed by atoms with Crippen molar-refractivity contribution in [1.29, 1.82) is 0 Å². The summed E-state index contributed by atoms with van der Waals surface area (Å²) in [6.07, 6.45) is 5.42. The average molecular weight is 295 g/mol. The monoisotopic (exact) mass is 294 g/mol. The summed E-state index contributed by atoms with van der Waals surface area (Å²) in [6.45, 7) is 4.97. The van der Waals surface area contributed by atoms with Crippen molar-refractivity contribution in [1.82, 2.24) is 0 Å². The zero-order chi connectivity index (χ0) is 14.5. The maximum atomic E-state index is 12.5. The van der Waals surface area contributed by atoms with Gasteiger partial charge in [-0.3, -0.25) is 4.79 Å². The Bertz CT molecular complexity index is 476. The molecule has 20 heavy (non-hydrogen) atoms. The van der Waals surface area contributed by atoms with Crippen LogP contribution in [0.1, 0.15) is 50.7 Å². The van der Waals surface area contributed by atoms with Gasteiger partial charge in [0.2, 0.25) is 0 Å². The molecule has 1 aliphatic rings. The first-order valence-electron chi connectivity index (χ1n) is 7.62. The summed E-state index contributed by atoms with van der Waals surface area (Å²) in [7, 11) is 0. The van der Waals surface area contributed by atoms with E-state index in [2.05, 4.69) is 13.8 Å². The highest BCUT2D eigenvalue weighted by atomic mass is 35.5. The van der Waals surface area contributed by atoms with Crippen LogP contribution in [0.4, 0.5) is 0 Å². The predicted molar refractivity (Wildman–Crippen MR) is 82.7 cm³/mol. The van der Waals surface area contributed by atoms with Crippen LogP contribution in [0.5, 0.6) is 5.75 Å². The Kier molecular flexibility index (Phi) is 5.47. The molecule has 0 atom stereocenters. The Morgan fingerprint density at radius 2 is 2.00 bits per heavy atom. The summed E-state index contributed by atoms with van der Waals surface area (Å²) >= 11 is 6.15. The number of ketones is 1. The van der Waals surface area contributed by atoms with Crippen LogP contribution >= 0.6 is 11.6 Å². The number of Topliss-reactive ketones (excluding diaryl/α,β-unsaturated/α-hetero) is 1. The van der Waals surface area contributed by atoms with Gasteiger partial charge in [-0.15, -0.1) is 0 Å². The van der Waals surface area contributed by atoms with Crippen LogP contribution in [-0.2, 0) is 17.6 Å². The Hall–Kier alpha value is -1.02. The number of ether oxygens (including phenoxy) is 1. The van der Waals surface area contributed by atoms with Gasteiger partial charge in [0.1, 0.15) is 11.5 Å². The van der Waals surface area contributed by atoms with Crippen LogP contribution in [0, 0.1) is 5.92 Å². The lowest BCUT2D eigenvalue weighted by Gasteiger charge is -2.15. The summed E-state index contributed by atoms with van der Waals surface area (Å²) in [5.74, 6) is 1.41. The second-order valence-electron chi connectivity index (χ2n) is 5.57. The molecule has 0 fully saturated rings. The SMILES string of the molecule is CCCC(CCC)C(=O)Cc1cc(Cl)cc2c1OCC2. The minimum absolute atomic E-state index is 0.182. The number of halogens is 1. The molecule has 0 saturated heterocycles. The number of hydrogen-bond donors (Lipinski definition) is 0. The molecule has 0 aliphatic carbocycles. The standard InChI is InChI=1S/C17H23ClO2/c1-3-5-12(6-4-2)16(19)11-14-10-15(18)9-13-7-8-20-17(13)14/h9-10,12H,3-8,11H2,1-2H3. The molecule has 0 spiro atoms. The number of fused-ring (bicyclic) bond motifs is 1. The lowest BCUT2D eigenvalue weighted by atomic mass is 9.89. The van der Waals surface area contributed by atoms with Crippen LogP contribution in [0.15, 0.2) is 12.1 Å². The van der Waals surface area contributed by atoms with E-state index in [9.17, 15) is 4.79 Å². The molecule has 0 bridgehead atoms. The zero-order valence-electron chi connectivity index (χ0n) is 12.4. The largest absolute Gasteiger partial charge is 0.493 e. The third-order valence-corrected chi connectivity index (χ3v) is 4.14. The van der Waals surface area contributed by atoms with Crippen LogP contribution < -0.4 is 4.74 Å². The number of benzene rings is 1. The fourth-order valence-corrected chi connectivity index (χ4v) is 3.24. The lowest BCUT2D eigenvalue weighted by Crippen LogP contribution is -2.17. The molecule has 0 radical (unpaired) electrons. The first-order valence-corrected chi connectivity index (χ1v) is 8.00. The fourth-order valence-electron chi connectivity index (χ4n) is 2.97. The van der Waals surface area contributed by atoms with Crippen molar-refractivity contribution in [2.75, 3.05) is 6.61 Å². The van der Waals surface area contributed by atoms with Gasteiger partial charge in [-0.1, -0.05) is 38.3 Å². The zero-order valence-corrected chi connectivity index (χ0v) is 13.1. The van der Waals surface area contributed by atoms with Gasteiger partial charge in [0.05, 0.1) is 6.61 Å². The van der Waals surface area contributed by atoms with E-state index in [0.29, 0.717) is 23.8 Å². The molecule has 0 N–H and O–H groups in total. The minimum atomic E-state index is 0.182. The Balaban J connectivity index is 2.15. The average Bonchev–Trinajstić information content (AvgIpc) is 2.86. The van der Waals surface area contributed by atoms with Gasteiger partial charge < -0.3 is 4.74 Å². The minimum Gasteiger partial charge on any atom is -0.493 e. The summed E-state index contributed by atoms with van der Waals surface area (Å²) in [5.41, 5.74) is 2.11. The van der Waals surface area contributed by atoms with Gasteiger partial charge in [0, 0.05) is 29.3 Å². The highest BCUT2D eigenvalue weighted by Crippen LogP contribution is 2.34. The molecule has 0 amide bonds. The van der Waals surface area contributed by atoms with E-state index in [1.54, 1.807) is 0 Å². The first-order chi connectivity index (χ1) is 9.65. The third-order valence-electron chi connectivity index (χ3n) is 3.92. The van der Waals surface area contributed by atoms with Gasteiger partial charge in [0.25, 0.3) is 0 Å². The highest BCUT2D eigenvalue weighted by molar-refractivity contribution is 6.30. The summed E-state index contributed by atoms with van der Waals surface area (Å²) < 4.78 is 5.67. The van der Waals surface area contributed by atoms with Crippen molar-refractivity contribution in [2.24, 2.45) is 5.92 Å². The van der Waals surface area contributed by atoms with Crippen molar-refractivity contribution in [2.45, 2.75) is 52.4 Å². The highest BCUT2D eigenvalue weighted by Gasteiger charge is 2.22. The number of carbonyl (C=O) groups is 1. The van der Waals surface area contributed by atoms with Gasteiger partial charge in [0.15, 0.2) is 0 Å². The van der Waals surface area contributed by atoms with E-state index < -0.39 is 0 Å². The van der Waals surface area contributed by atoms with Crippen LogP contribution in [-0.4, -0.2) is 12.4 Å². The maximum Gasteiger partial charge on any atom is 0.140 e. The first kappa shape index (κ1) is 15.4. The summed E-state index contributed by atoms with van der Waals surface area (Å²) in [5, 5.41) is 0.708. The van der Waals surface area contributed by atoms with Crippen LogP contribution in [0.3, 0.4) is 0 Å². The molecule has 1 aliphatic heterocycles. The molecule has 1 heterocycles. The lowest BCUT2D eigenvalue weighted by molar-refractivity contribution is -0.122. The van der Waals surface area contributed by atoms with Gasteiger partial charge in [-0.25, -0.2) is 0 Å². The quantitative estimate of drug-likeness (QED) is 0.734. The van der Waals surface area contributed by atoms with Crippen molar-refractivity contribution < 1.29 is 9.53 Å². The topological polar surface area (TPSA) is 26.3 Å². The third kappa shape index (κ3) is 3.54. The smallest absolute Gasteiger partial charge is 0.140 e. The van der Waals surface area contributed by atoms with E-state index >= 15 is 0 Å². The van der Waals surface area contributed by atoms with E-state index in [1.165, 1.54) is 0 Å². The summed E-state index contributed by atoms with van der Waals surface area (Å²) in [6, 6.07) is 3.84. The van der Waals surface area contributed by atoms with Gasteiger partial charge in [-0.05, 0) is 30.5 Å². The molecule has 110 valence electrons. The van der Waals surface area contributed by atoms with E-state index in [0.717, 1.165) is 49.0 Å². The number of hydrogen-bond acceptors (Lipinski definition) is 2. The predicted octanol–water partition coefficient (Wildman–Crippen LogP) is 4.60. The number of rotatable bonds is 7. The second kappa shape index (κ2) is 7.12. The maximum absolute atomic E-state index is 12.5. The summed E-state index contributed by atoms with van der Waals surface area (Å²) in [4.78, 5) is 12.5. The Labute approximate surface area is 126 Å². The Morgan fingerprint density at radius 1 is 1.30 bits per heavy atom. The fraction of sp³-hybridized carbons (Fsp3) is 0.588. The van der Waals surface area contributed by atoms with Gasteiger partial charge in [-0.2, -0.15) is 0 Å². The molecule has 2 nitrogen and oxygen atoms in total. The second-order valence-corrected chi connectivity index (χ2v) is 6.01. The molecular weight excluding hydrogens is 272 g/mol. The van der Waals surface area contributed by atoms with E-state index in [-0.39, 0.29) is 5.92 Å². The Morgan fingerprint density at radius 3 is 2.65 bits per heavy atom. The molecule has 0 saturated carbocycles. The van der Waals surface area contributed by atoms with Crippen molar-refractivity contribution >= 4 is 17.4 Å². The van der Waals surface area contributed by atoms with Crippen molar-refractivity contribution in [3.63, 3.8) is 0 Å². The van der Waals surface area contributed by atoms with Crippen molar-refractivity contribution in [3.05, 3.63) is 28.3 Å². The van der Waals surface area contributed by atoms with E-state index in [4.69, 9.17) is 16.3 Å². The van der Waals surface area contributed by atoms with Crippen LogP contribution in [0.25, 0.3) is 0 Å². The molecule has 1 aromatic rings. The molecular formula is C17H23ClO2. The number of carbonyl (C=O) groups excluding carboxylic acids is 1. The normalized spacial score (nSPS) is 13.4. The molecule has 0 aromatic heterocycles. The molecule has 2 rings (SSSR count). The molecule has 1 aromatic carbocycles. The van der Waals surface area contributed by atoms with Crippen LogP contribution in [0.2, 0.25) is 5.02 Å². The molecule has 0 unspecified atom stereocenters.